The lowest BCUT2D eigenvalue weighted by Gasteiger charge is -2.07. The zero-order valence-corrected chi connectivity index (χ0v) is 16.3. The molecule has 0 unspecified atom stereocenters. The summed E-state index contributed by atoms with van der Waals surface area (Å²) in [5.74, 6) is -0.365. The normalized spacial score (nSPS) is 11.2. The van der Waals surface area contributed by atoms with Crippen LogP contribution in [0.3, 0.4) is 0 Å². The molecule has 152 valence electrons. The van der Waals surface area contributed by atoms with Gasteiger partial charge in [0, 0.05) is 30.3 Å². The van der Waals surface area contributed by atoms with Crippen molar-refractivity contribution in [3.8, 4) is 17.6 Å². The van der Waals surface area contributed by atoms with E-state index in [2.05, 4.69) is 15.0 Å². The number of halogens is 1. The zero-order chi connectivity index (χ0) is 21.5. The van der Waals surface area contributed by atoms with E-state index in [1.54, 1.807) is 42.1 Å². The van der Waals surface area contributed by atoms with Gasteiger partial charge >= 0.3 is 6.01 Å². The fourth-order valence-corrected chi connectivity index (χ4v) is 3.43. The van der Waals surface area contributed by atoms with Crippen molar-refractivity contribution in [2.24, 2.45) is 7.05 Å². The number of carbonyl (C=O) groups excluding carboxylic acids is 1. The van der Waals surface area contributed by atoms with Gasteiger partial charge in [-0.05, 0) is 48.5 Å². The maximum atomic E-state index is 13.2. The number of ether oxygens (including phenoxy) is 1. The summed E-state index contributed by atoms with van der Waals surface area (Å²) in [6.45, 7) is 0. The number of aromatic nitrogens is 4. The van der Waals surface area contributed by atoms with Gasteiger partial charge in [-0.1, -0.05) is 0 Å². The predicted octanol–water partition coefficient (Wildman–Crippen LogP) is 4.38. The van der Waals surface area contributed by atoms with Crippen molar-refractivity contribution in [2.45, 2.75) is 0 Å². The topological polar surface area (TPSA) is 90.1 Å². The molecule has 3 aromatic heterocycles. The number of hydrogen-bond donors (Lipinski definition) is 1. The van der Waals surface area contributed by atoms with Crippen LogP contribution in [-0.4, -0.2) is 30.4 Å². The minimum absolute atomic E-state index is 0.0193. The average Bonchev–Trinajstić information content (AvgIpc) is 3.10. The zero-order valence-electron chi connectivity index (χ0n) is 16.3. The van der Waals surface area contributed by atoms with Gasteiger partial charge in [0.05, 0.1) is 28.3 Å². The summed E-state index contributed by atoms with van der Waals surface area (Å²) in [6, 6.07) is 14.1. The van der Waals surface area contributed by atoms with Crippen LogP contribution in [0.4, 0.5) is 4.39 Å². The van der Waals surface area contributed by atoms with Crippen molar-refractivity contribution in [2.75, 3.05) is 0 Å². The first-order valence-corrected chi connectivity index (χ1v) is 9.38. The Hall–Kier alpha value is -4.33. The fourth-order valence-electron chi connectivity index (χ4n) is 3.43. The van der Waals surface area contributed by atoms with Crippen molar-refractivity contribution < 1.29 is 19.0 Å². The van der Waals surface area contributed by atoms with Crippen LogP contribution in [0.15, 0.2) is 67.0 Å². The second-order valence-electron chi connectivity index (χ2n) is 6.97. The van der Waals surface area contributed by atoms with E-state index >= 15 is 0 Å². The van der Waals surface area contributed by atoms with Crippen molar-refractivity contribution in [3.05, 3.63) is 84.1 Å². The number of fused-ring (bicyclic) bond motifs is 2. The molecule has 8 heteroatoms. The molecule has 1 N–H and O–H groups in total. The molecule has 0 bridgehead atoms. The standard InChI is InChI=1S/C23H15FN4O3/c1-28-19-11-16(31-23-26-18-12-25-9-8-17(18)22(30)27-23)7-4-14(19)10-20(28)21(29)13-2-5-15(24)6-3-13/h2-12H,1H3,(H,26,27,30). The molecule has 3 heterocycles. The van der Waals surface area contributed by atoms with Crippen LogP contribution in [0.2, 0.25) is 0 Å². The SMILES string of the molecule is Cn1c(C(=O)c2ccc(F)cc2)cc2ccc(Oc3nc(O)c4ccncc4n3)cc21. The van der Waals surface area contributed by atoms with Crippen LogP contribution in [0.1, 0.15) is 16.1 Å². The Morgan fingerprint density at radius 2 is 1.87 bits per heavy atom. The first kappa shape index (κ1) is 18.7. The van der Waals surface area contributed by atoms with Gasteiger partial charge in [-0.15, -0.1) is 0 Å². The summed E-state index contributed by atoms with van der Waals surface area (Å²) >= 11 is 0. The number of benzene rings is 2. The fraction of sp³-hybridized carbons (Fsp3) is 0.0435. The second kappa shape index (κ2) is 7.17. The number of hydrogen-bond acceptors (Lipinski definition) is 6. The van der Waals surface area contributed by atoms with Gasteiger partial charge in [0.2, 0.25) is 11.7 Å². The Kier molecular flexibility index (Phi) is 4.32. The Morgan fingerprint density at radius 3 is 2.68 bits per heavy atom. The van der Waals surface area contributed by atoms with Gasteiger partial charge in [-0.3, -0.25) is 9.78 Å². The van der Waals surface area contributed by atoms with Crippen LogP contribution in [-0.2, 0) is 7.05 Å². The summed E-state index contributed by atoms with van der Waals surface area (Å²) in [5, 5.41) is 11.4. The molecule has 5 rings (SSSR count). The number of carbonyl (C=O) groups is 1. The molecule has 0 atom stereocenters. The molecule has 0 aliphatic rings. The van der Waals surface area contributed by atoms with Crippen LogP contribution in [0.25, 0.3) is 21.8 Å². The number of aromatic hydroxyl groups is 1. The maximum Gasteiger partial charge on any atom is 0.325 e. The van der Waals surface area contributed by atoms with E-state index in [0.29, 0.717) is 27.9 Å². The highest BCUT2D eigenvalue weighted by Crippen LogP contribution is 2.29. The van der Waals surface area contributed by atoms with E-state index < -0.39 is 5.82 Å². The molecule has 31 heavy (non-hydrogen) atoms. The number of rotatable bonds is 4. The van der Waals surface area contributed by atoms with Gasteiger partial charge in [0.15, 0.2) is 0 Å². The van der Waals surface area contributed by atoms with E-state index in [-0.39, 0.29) is 17.7 Å². The third-order valence-electron chi connectivity index (χ3n) is 5.02. The van der Waals surface area contributed by atoms with E-state index in [0.717, 1.165) is 10.9 Å². The van der Waals surface area contributed by atoms with Gasteiger partial charge in [-0.25, -0.2) is 4.39 Å². The highest BCUT2D eigenvalue weighted by molar-refractivity contribution is 6.10. The largest absolute Gasteiger partial charge is 0.493 e. The molecule has 7 nitrogen and oxygen atoms in total. The molecule has 0 saturated carbocycles. The summed E-state index contributed by atoms with van der Waals surface area (Å²) in [7, 11) is 1.77. The molecule has 5 aromatic rings. The quantitative estimate of drug-likeness (QED) is 0.439. The van der Waals surface area contributed by atoms with Crippen molar-refractivity contribution in [3.63, 3.8) is 0 Å². The third-order valence-corrected chi connectivity index (χ3v) is 5.02. The molecular weight excluding hydrogens is 399 g/mol. The van der Waals surface area contributed by atoms with Crippen LogP contribution in [0.5, 0.6) is 17.6 Å². The molecule has 0 aliphatic heterocycles. The number of aryl methyl sites for hydroxylation is 1. The lowest BCUT2D eigenvalue weighted by molar-refractivity contribution is 0.103. The minimum atomic E-state index is -0.395. The van der Waals surface area contributed by atoms with E-state index in [9.17, 15) is 14.3 Å². The monoisotopic (exact) mass is 414 g/mol. The van der Waals surface area contributed by atoms with Crippen LogP contribution < -0.4 is 4.74 Å². The highest BCUT2D eigenvalue weighted by Gasteiger charge is 2.16. The molecule has 0 spiro atoms. The van der Waals surface area contributed by atoms with E-state index in [1.165, 1.54) is 30.5 Å². The first-order valence-electron chi connectivity index (χ1n) is 9.38. The molecule has 0 radical (unpaired) electrons. The summed E-state index contributed by atoms with van der Waals surface area (Å²) in [4.78, 5) is 25.1. The lowest BCUT2D eigenvalue weighted by atomic mass is 10.1. The van der Waals surface area contributed by atoms with E-state index in [4.69, 9.17) is 4.74 Å². The third kappa shape index (κ3) is 3.33. The number of pyridine rings is 1. The average molecular weight is 414 g/mol. The molecule has 0 aliphatic carbocycles. The number of ketones is 1. The Morgan fingerprint density at radius 1 is 1.06 bits per heavy atom. The molecule has 2 aromatic carbocycles. The van der Waals surface area contributed by atoms with E-state index in [1.807, 2.05) is 6.07 Å². The minimum Gasteiger partial charge on any atom is -0.493 e. The van der Waals surface area contributed by atoms with Crippen LogP contribution >= 0.6 is 0 Å². The number of nitrogens with zero attached hydrogens (tertiary/aromatic N) is 4. The van der Waals surface area contributed by atoms with Gasteiger partial charge in [0.25, 0.3) is 0 Å². The lowest BCUT2D eigenvalue weighted by Crippen LogP contribution is -2.07. The van der Waals surface area contributed by atoms with Crippen LogP contribution in [0, 0.1) is 5.82 Å². The van der Waals surface area contributed by atoms with Crippen molar-refractivity contribution in [1.29, 1.82) is 0 Å². The molecule has 0 fully saturated rings. The maximum absolute atomic E-state index is 13.2. The summed E-state index contributed by atoms with van der Waals surface area (Å²) < 4.78 is 20.7. The Balaban J connectivity index is 1.50. The molecule has 0 saturated heterocycles. The Labute approximate surface area is 175 Å². The summed E-state index contributed by atoms with van der Waals surface area (Å²) in [6.07, 6.45) is 3.05. The molecular formula is C23H15FN4O3. The Bertz CT molecular complexity index is 1460. The summed E-state index contributed by atoms with van der Waals surface area (Å²) in [5.41, 5.74) is 2.08. The van der Waals surface area contributed by atoms with Crippen molar-refractivity contribution >= 4 is 27.6 Å². The highest BCUT2D eigenvalue weighted by atomic mass is 19.1. The second-order valence-corrected chi connectivity index (χ2v) is 6.97. The van der Waals surface area contributed by atoms with Gasteiger partial charge in [-0.2, -0.15) is 9.97 Å². The van der Waals surface area contributed by atoms with Crippen molar-refractivity contribution in [1.82, 2.24) is 19.5 Å². The predicted molar refractivity (Wildman–Crippen MR) is 112 cm³/mol. The van der Waals surface area contributed by atoms with Gasteiger partial charge in [0.1, 0.15) is 11.6 Å². The smallest absolute Gasteiger partial charge is 0.325 e. The molecule has 0 amide bonds. The van der Waals surface area contributed by atoms with Gasteiger partial charge < -0.3 is 14.4 Å². The first-order chi connectivity index (χ1) is 15.0.